The molecule has 4 nitrogen and oxygen atoms in total. The number of halogens is 2. The number of nitrogens with zero attached hydrogens (tertiary/aromatic N) is 2. The largest absolute Gasteiger partial charge is 0.352 e. The molecular formula is C24H20F2N4. The zero-order valence-electron chi connectivity index (χ0n) is 16.2. The first kappa shape index (κ1) is 18.5. The Bertz CT molecular complexity index is 1150. The van der Waals surface area contributed by atoms with E-state index in [2.05, 4.69) is 32.7 Å². The summed E-state index contributed by atoms with van der Waals surface area (Å²) in [5, 5.41) is 6.77. The summed E-state index contributed by atoms with van der Waals surface area (Å²) in [5.74, 6) is -0.946. The number of guanidine groups is 1. The van der Waals surface area contributed by atoms with E-state index in [1.165, 1.54) is 12.1 Å². The molecule has 3 aromatic rings. The van der Waals surface area contributed by atoms with Crippen LogP contribution in [0.3, 0.4) is 0 Å². The lowest BCUT2D eigenvalue weighted by Gasteiger charge is -2.33. The van der Waals surface area contributed by atoms with Crippen LogP contribution in [-0.2, 0) is 6.54 Å². The van der Waals surface area contributed by atoms with Gasteiger partial charge in [-0.15, -0.1) is 0 Å². The van der Waals surface area contributed by atoms with Gasteiger partial charge in [0.1, 0.15) is 0 Å². The van der Waals surface area contributed by atoms with E-state index in [-0.39, 0.29) is 5.92 Å². The van der Waals surface area contributed by atoms with E-state index in [1.54, 1.807) is 12.3 Å². The molecule has 0 bridgehead atoms. The Morgan fingerprint density at radius 2 is 1.93 bits per heavy atom. The number of nitrogens with one attached hydrogen (secondary N) is 2. The molecule has 0 saturated carbocycles. The van der Waals surface area contributed by atoms with Crippen molar-refractivity contribution in [3.05, 3.63) is 106 Å². The first-order valence-corrected chi connectivity index (χ1v) is 9.89. The summed E-state index contributed by atoms with van der Waals surface area (Å²) in [6.07, 6.45) is 4.28. The molecule has 1 atom stereocenters. The normalized spacial score (nSPS) is 17.5. The molecule has 6 heteroatoms. The molecule has 150 valence electrons. The fourth-order valence-corrected chi connectivity index (χ4v) is 4.12. The van der Waals surface area contributed by atoms with E-state index in [0.717, 1.165) is 39.5 Å². The summed E-state index contributed by atoms with van der Waals surface area (Å²) in [5.41, 5.74) is 6.23. The van der Waals surface area contributed by atoms with E-state index in [1.807, 2.05) is 30.5 Å². The molecule has 0 saturated heterocycles. The van der Waals surface area contributed by atoms with Crippen molar-refractivity contribution in [1.82, 2.24) is 15.6 Å². The molecule has 2 heterocycles. The van der Waals surface area contributed by atoms with Gasteiger partial charge in [-0.3, -0.25) is 4.98 Å². The highest BCUT2D eigenvalue weighted by Gasteiger charge is 2.30. The van der Waals surface area contributed by atoms with Crippen LogP contribution in [0, 0.1) is 11.6 Å². The number of aromatic nitrogens is 1. The van der Waals surface area contributed by atoms with Crippen molar-refractivity contribution < 1.29 is 8.78 Å². The maximum absolute atomic E-state index is 13.9. The van der Waals surface area contributed by atoms with Crippen LogP contribution < -0.4 is 10.6 Å². The van der Waals surface area contributed by atoms with Crippen LogP contribution in [0.1, 0.15) is 34.6 Å². The number of hydrogen-bond donors (Lipinski definition) is 2. The monoisotopic (exact) mass is 402 g/mol. The third kappa shape index (κ3) is 3.45. The van der Waals surface area contributed by atoms with Crippen molar-refractivity contribution in [2.45, 2.75) is 18.9 Å². The molecular weight excluding hydrogens is 382 g/mol. The Labute approximate surface area is 173 Å². The highest BCUT2D eigenvalue weighted by molar-refractivity contribution is 5.93. The SMILES string of the molecule is Fc1ccc(C2CC3=C(NC(NCc4cccnc4)=NC3)c3ccccc32)cc1F. The summed E-state index contributed by atoms with van der Waals surface area (Å²) in [4.78, 5) is 8.78. The van der Waals surface area contributed by atoms with Crippen LogP contribution in [-0.4, -0.2) is 17.5 Å². The van der Waals surface area contributed by atoms with E-state index in [4.69, 9.17) is 0 Å². The van der Waals surface area contributed by atoms with Crippen LogP contribution in [0.4, 0.5) is 8.78 Å². The second kappa shape index (κ2) is 7.71. The summed E-state index contributed by atoms with van der Waals surface area (Å²) in [6, 6.07) is 16.2. The van der Waals surface area contributed by atoms with E-state index >= 15 is 0 Å². The Kier molecular flexibility index (Phi) is 4.75. The Balaban J connectivity index is 1.41. The first-order chi connectivity index (χ1) is 14.7. The first-order valence-electron chi connectivity index (χ1n) is 9.89. The molecule has 1 unspecified atom stereocenters. The fraction of sp³-hybridized carbons (Fsp3) is 0.167. The van der Waals surface area contributed by atoms with Crippen molar-refractivity contribution in [1.29, 1.82) is 0 Å². The molecule has 0 amide bonds. The quantitative estimate of drug-likeness (QED) is 0.685. The topological polar surface area (TPSA) is 49.3 Å². The van der Waals surface area contributed by atoms with Crippen molar-refractivity contribution >= 4 is 11.7 Å². The standard InChI is InChI=1S/C24H20F2N4/c25-21-8-7-16(11-22(21)26)20-10-17-14-29-24(28-13-15-4-3-9-27-12-15)30-23(17)19-6-2-1-5-18(19)20/h1-9,11-12,20H,10,13-14H2,(H2,28,29,30). The Morgan fingerprint density at radius 1 is 1.03 bits per heavy atom. The van der Waals surface area contributed by atoms with Gasteiger partial charge in [0.2, 0.25) is 0 Å². The lowest BCUT2D eigenvalue weighted by molar-refractivity contribution is 0.506. The molecule has 1 aromatic heterocycles. The Morgan fingerprint density at radius 3 is 2.77 bits per heavy atom. The molecule has 5 rings (SSSR count). The minimum Gasteiger partial charge on any atom is -0.352 e. The second-order valence-electron chi connectivity index (χ2n) is 7.50. The summed E-state index contributed by atoms with van der Waals surface area (Å²) in [6.45, 7) is 1.19. The number of hydrogen-bond acceptors (Lipinski definition) is 4. The fourth-order valence-electron chi connectivity index (χ4n) is 4.12. The van der Waals surface area contributed by atoms with Crippen molar-refractivity contribution in [2.75, 3.05) is 6.54 Å². The maximum atomic E-state index is 13.9. The van der Waals surface area contributed by atoms with Crippen molar-refractivity contribution in [3.8, 4) is 0 Å². The number of fused-ring (bicyclic) bond motifs is 2. The van der Waals surface area contributed by atoms with Gasteiger partial charge in [0, 0.05) is 36.1 Å². The van der Waals surface area contributed by atoms with Gasteiger partial charge >= 0.3 is 0 Å². The van der Waals surface area contributed by atoms with Gasteiger partial charge in [-0.05, 0) is 46.9 Å². The van der Waals surface area contributed by atoms with Crippen LogP contribution in [0.15, 0.2) is 77.6 Å². The van der Waals surface area contributed by atoms with Gasteiger partial charge in [0.25, 0.3) is 0 Å². The predicted octanol–water partition coefficient (Wildman–Crippen LogP) is 4.36. The summed E-state index contributed by atoms with van der Waals surface area (Å²) >= 11 is 0. The minimum atomic E-state index is -0.823. The number of rotatable bonds is 3. The zero-order valence-corrected chi connectivity index (χ0v) is 16.2. The van der Waals surface area contributed by atoms with E-state index in [0.29, 0.717) is 19.5 Å². The molecule has 1 aliphatic heterocycles. The summed E-state index contributed by atoms with van der Waals surface area (Å²) < 4.78 is 27.3. The molecule has 2 aliphatic rings. The molecule has 0 radical (unpaired) electrons. The smallest absolute Gasteiger partial charge is 0.196 e. The lowest BCUT2D eigenvalue weighted by Crippen LogP contribution is -2.40. The predicted molar refractivity (Wildman–Crippen MR) is 113 cm³/mol. The van der Waals surface area contributed by atoms with Gasteiger partial charge < -0.3 is 10.6 Å². The zero-order chi connectivity index (χ0) is 20.5. The third-order valence-electron chi connectivity index (χ3n) is 5.61. The van der Waals surface area contributed by atoms with E-state index < -0.39 is 11.6 Å². The van der Waals surface area contributed by atoms with Gasteiger partial charge in [0.15, 0.2) is 17.6 Å². The molecule has 2 N–H and O–H groups in total. The third-order valence-corrected chi connectivity index (χ3v) is 5.61. The van der Waals surface area contributed by atoms with Crippen molar-refractivity contribution in [3.63, 3.8) is 0 Å². The molecule has 0 spiro atoms. The number of aliphatic imine (C=N–C) groups is 1. The highest BCUT2D eigenvalue weighted by atomic mass is 19.2. The molecule has 2 aromatic carbocycles. The maximum Gasteiger partial charge on any atom is 0.196 e. The van der Waals surface area contributed by atoms with Gasteiger partial charge in [-0.2, -0.15) is 0 Å². The minimum absolute atomic E-state index is 0.0306. The Hall–Kier alpha value is -3.54. The van der Waals surface area contributed by atoms with E-state index in [9.17, 15) is 8.78 Å². The highest BCUT2D eigenvalue weighted by Crippen LogP contribution is 2.42. The van der Waals surface area contributed by atoms with Gasteiger partial charge in [-0.25, -0.2) is 13.8 Å². The van der Waals surface area contributed by atoms with Gasteiger partial charge in [-0.1, -0.05) is 36.4 Å². The molecule has 1 aliphatic carbocycles. The van der Waals surface area contributed by atoms with Crippen LogP contribution in [0.25, 0.3) is 5.70 Å². The van der Waals surface area contributed by atoms with Gasteiger partial charge in [0.05, 0.1) is 6.54 Å². The average molecular weight is 402 g/mol. The average Bonchev–Trinajstić information content (AvgIpc) is 2.79. The lowest BCUT2D eigenvalue weighted by atomic mass is 9.77. The molecule has 0 fully saturated rings. The van der Waals surface area contributed by atoms with Crippen LogP contribution in [0.5, 0.6) is 0 Å². The summed E-state index contributed by atoms with van der Waals surface area (Å²) in [7, 11) is 0. The van der Waals surface area contributed by atoms with Crippen LogP contribution in [0.2, 0.25) is 0 Å². The van der Waals surface area contributed by atoms with Crippen molar-refractivity contribution in [2.24, 2.45) is 4.99 Å². The van der Waals surface area contributed by atoms with Crippen LogP contribution >= 0.6 is 0 Å². The number of benzene rings is 2. The number of pyridine rings is 1. The second-order valence-corrected chi connectivity index (χ2v) is 7.50. The molecule has 30 heavy (non-hydrogen) atoms.